The van der Waals surface area contributed by atoms with Gasteiger partial charge in [0.05, 0.1) is 5.69 Å². The Labute approximate surface area is 163 Å². The quantitative estimate of drug-likeness (QED) is 0.353. The molecule has 0 fully saturated rings. The van der Waals surface area contributed by atoms with E-state index in [0.717, 1.165) is 50.0 Å². The first kappa shape index (κ1) is 16.7. The summed E-state index contributed by atoms with van der Waals surface area (Å²) in [5, 5.41) is 2.18. The number of hydrogen-bond donors (Lipinski definition) is 0. The van der Waals surface area contributed by atoms with Crippen molar-refractivity contribution in [2.45, 2.75) is 20.8 Å². The van der Waals surface area contributed by atoms with E-state index in [-0.39, 0.29) is 0 Å². The van der Waals surface area contributed by atoms with Gasteiger partial charge in [-0.3, -0.25) is 4.98 Å². The Morgan fingerprint density at radius 2 is 1.61 bits per heavy atom. The summed E-state index contributed by atoms with van der Waals surface area (Å²) < 4.78 is 6.24. The van der Waals surface area contributed by atoms with Crippen LogP contribution in [0.2, 0.25) is 0 Å². The van der Waals surface area contributed by atoms with E-state index in [2.05, 4.69) is 55.2 Å². The number of furan rings is 1. The van der Waals surface area contributed by atoms with E-state index in [9.17, 15) is 0 Å². The minimum atomic E-state index is 0.686. The molecule has 5 rings (SSSR count). The van der Waals surface area contributed by atoms with Crippen molar-refractivity contribution in [1.29, 1.82) is 0 Å². The van der Waals surface area contributed by atoms with Gasteiger partial charge in [-0.15, -0.1) is 0 Å². The molecule has 28 heavy (non-hydrogen) atoms. The number of aryl methyl sites for hydroxylation is 3. The van der Waals surface area contributed by atoms with Crippen LogP contribution in [0.25, 0.3) is 44.5 Å². The number of fused-ring (bicyclic) bond motifs is 3. The van der Waals surface area contributed by atoms with Crippen LogP contribution in [-0.2, 0) is 0 Å². The van der Waals surface area contributed by atoms with Crippen molar-refractivity contribution in [3.8, 4) is 22.4 Å². The van der Waals surface area contributed by atoms with Crippen LogP contribution in [0.1, 0.15) is 16.8 Å². The van der Waals surface area contributed by atoms with Crippen LogP contribution in [-0.4, -0.2) is 9.97 Å². The minimum Gasteiger partial charge on any atom is -0.437 e. The second kappa shape index (κ2) is 6.31. The molecule has 0 amide bonds. The highest BCUT2D eigenvalue weighted by atomic mass is 16.3. The fourth-order valence-corrected chi connectivity index (χ4v) is 3.95. The zero-order valence-electron chi connectivity index (χ0n) is 16.2. The van der Waals surface area contributed by atoms with E-state index < -0.39 is 0 Å². The fraction of sp³-hybridized carbons (Fsp3) is 0.120. The standard InChI is InChI=1S/C25H20N2O/c1-15-13-16(2)23(24-22(15)20-11-9-17(3)27-25(20)28-24)21-12-10-19(14-26-21)18-7-5-4-6-8-18/h4-14H,1-3H3. The summed E-state index contributed by atoms with van der Waals surface area (Å²) in [6.45, 7) is 6.22. The predicted molar refractivity (Wildman–Crippen MR) is 114 cm³/mol. The zero-order chi connectivity index (χ0) is 19.3. The number of pyridine rings is 2. The summed E-state index contributed by atoms with van der Waals surface area (Å²) >= 11 is 0. The van der Waals surface area contributed by atoms with Gasteiger partial charge in [0.25, 0.3) is 0 Å². The average Bonchev–Trinajstić information content (AvgIpc) is 3.07. The van der Waals surface area contributed by atoms with Gasteiger partial charge in [-0.1, -0.05) is 42.5 Å². The van der Waals surface area contributed by atoms with Gasteiger partial charge in [0.2, 0.25) is 5.71 Å². The lowest BCUT2D eigenvalue weighted by Crippen LogP contribution is -1.91. The number of hydrogen-bond acceptors (Lipinski definition) is 3. The van der Waals surface area contributed by atoms with Gasteiger partial charge in [0.15, 0.2) is 0 Å². The molecular formula is C25H20N2O. The second-order valence-electron chi connectivity index (χ2n) is 7.30. The van der Waals surface area contributed by atoms with Crippen molar-refractivity contribution in [2.75, 3.05) is 0 Å². The van der Waals surface area contributed by atoms with Crippen LogP contribution < -0.4 is 0 Å². The molecule has 0 bridgehead atoms. The maximum atomic E-state index is 6.24. The van der Waals surface area contributed by atoms with Crippen LogP contribution in [0.3, 0.4) is 0 Å². The first-order valence-corrected chi connectivity index (χ1v) is 9.44. The summed E-state index contributed by atoms with van der Waals surface area (Å²) in [4.78, 5) is 9.36. The third-order valence-electron chi connectivity index (χ3n) is 5.27. The molecular weight excluding hydrogens is 344 g/mol. The molecule has 0 saturated carbocycles. The summed E-state index contributed by atoms with van der Waals surface area (Å²) in [5.41, 5.74) is 9.07. The van der Waals surface area contributed by atoms with E-state index in [1.165, 1.54) is 5.56 Å². The molecule has 0 radical (unpaired) electrons. The lowest BCUT2D eigenvalue weighted by atomic mass is 9.97. The molecule has 3 heteroatoms. The summed E-state index contributed by atoms with van der Waals surface area (Å²) in [6, 6.07) is 20.8. The lowest BCUT2D eigenvalue weighted by molar-refractivity contribution is 0.653. The fourth-order valence-electron chi connectivity index (χ4n) is 3.95. The number of rotatable bonds is 2. The van der Waals surface area contributed by atoms with Gasteiger partial charge in [-0.25, -0.2) is 4.98 Å². The third kappa shape index (κ3) is 2.59. The molecule has 0 aliphatic carbocycles. The third-order valence-corrected chi connectivity index (χ3v) is 5.27. The predicted octanol–water partition coefficient (Wildman–Crippen LogP) is 6.64. The van der Waals surface area contributed by atoms with Crippen molar-refractivity contribution in [2.24, 2.45) is 0 Å². The van der Waals surface area contributed by atoms with E-state index in [1.807, 2.05) is 37.4 Å². The van der Waals surface area contributed by atoms with E-state index >= 15 is 0 Å². The summed E-state index contributed by atoms with van der Waals surface area (Å²) in [6.07, 6.45) is 1.93. The normalized spacial score (nSPS) is 11.4. The Kier molecular flexibility index (Phi) is 3.76. The molecule has 5 aromatic rings. The van der Waals surface area contributed by atoms with Crippen molar-refractivity contribution in [1.82, 2.24) is 9.97 Å². The lowest BCUT2D eigenvalue weighted by Gasteiger charge is -2.09. The molecule has 0 atom stereocenters. The Morgan fingerprint density at radius 1 is 0.786 bits per heavy atom. The highest BCUT2D eigenvalue weighted by Gasteiger charge is 2.18. The Balaban J connectivity index is 1.73. The molecule has 3 heterocycles. The Bertz CT molecular complexity index is 1320. The molecule has 136 valence electrons. The van der Waals surface area contributed by atoms with E-state index in [1.54, 1.807) is 0 Å². The highest BCUT2D eigenvalue weighted by Crippen LogP contribution is 2.39. The van der Waals surface area contributed by atoms with Gasteiger partial charge >= 0.3 is 0 Å². The first-order chi connectivity index (χ1) is 13.6. The Morgan fingerprint density at radius 3 is 2.36 bits per heavy atom. The maximum absolute atomic E-state index is 6.24. The van der Waals surface area contributed by atoms with Gasteiger partial charge in [-0.2, -0.15) is 0 Å². The number of nitrogens with zero attached hydrogens (tertiary/aromatic N) is 2. The topological polar surface area (TPSA) is 38.9 Å². The largest absolute Gasteiger partial charge is 0.437 e. The molecule has 0 aliphatic heterocycles. The molecule has 3 nitrogen and oxygen atoms in total. The molecule has 0 unspecified atom stereocenters. The SMILES string of the molecule is Cc1ccc2c(n1)oc1c(-c3ccc(-c4ccccc4)cn3)c(C)cc(C)c12. The van der Waals surface area contributed by atoms with Crippen molar-refractivity contribution in [3.05, 3.63) is 83.7 Å². The first-order valence-electron chi connectivity index (χ1n) is 9.44. The van der Waals surface area contributed by atoms with Gasteiger partial charge in [-0.05, 0) is 55.7 Å². The van der Waals surface area contributed by atoms with Gasteiger partial charge < -0.3 is 4.42 Å². The van der Waals surface area contributed by atoms with Crippen LogP contribution in [0.4, 0.5) is 0 Å². The van der Waals surface area contributed by atoms with Crippen LogP contribution >= 0.6 is 0 Å². The molecule has 3 aromatic heterocycles. The highest BCUT2D eigenvalue weighted by molar-refractivity contribution is 6.10. The van der Waals surface area contributed by atoms with E-state index in [0.29, 0.717) is 5.71 Å². The van der Waals surface area contributed by atoms with Crippen molar-refractivity contribution < 1.29 is 4.42 Å². The molecule has 0 saturated heterocycles. The molecule has 0 aliphatic rings. The van der Waals surface area contributed by atoms with Gasteiger partial charge in [0, 0.05) is 33.8 Å². The molecule has 0 N–H and O–H groups in total. The summed E-state index contributed by atoms with van der Waals surface area (Å²) in [7, 11) is 0. The minimum absolute atomic E-state index is 0.686. The summed E-state index contributed by atoms with van der Waals surface area (Å²) in [5.74, 6) is 0. The maximum Gasteiger partial charge on any atom is 0.227 e. The van der Waals surface area contributed by atoms with Crippen LogP contribution in [0.5, 0.6) is 0 Å². The number of benzene rings is 2. The Hall–Kier alpha value is -3.46. The molecule has 2 aromatic carbocycles. The van der Waals surface area contributed by atoms with E-state index in [4.69, 9.17) is 9.40 Å². The average molecular weight is 364 g/mol. The monoisotopic (exact) mass is 364 g/mol. The van der Waals surface area contributed by atoms with Crippen molar-refractivity contribution in [3.63, 3.8) is 0 Å². The van der Waals surface area contributed by atoms with Crippen LogP contribution in [0, 0.1) is 20.8 Å². The van der Waals surface area contributed by atoms with Crippen molar-refractivity contribution >= 4 is 22.1 Å². The smallest absolute Gasteiger partial charge is 0.227 e. The number of aromatic nitrogens is 2. The van der Waals surface area contributed by atoms with Gasteiger partial charge in [0.1, 0.15) is 5.58 Å². The second-order valence-corrected chi connectivity index (χ2v) is 7.30. The van der Waals surface area contributed by atoms with Crippen LogP contribution in [0.15, 0.2) is 71.3 Å². The molecule has 0 spiro atoms. The zero-order valence-corrected chi connectivity index (χ0v) is 16.2.